The van der Waals surface area contributed by atoms with Crippen molar-refractivity contribution in [1.29, 1.82) is 0 Å². The van der Waals surface area contributed by atoms with Crippen LogP contribution in [0.1, 0.15) is 25.0 Å². The molecule has 0 aliphatic rings. The fourth-order valence-corrected chi connectivity index (χ4v) is 1.39. The third kappa shape index (κ3) is 3.00. The molecule has 1 aromatic rings. The van der Waals surface area contributed by atoms with E-state index in [1.165, 1.54) is 25.1 Å². The molecule has 0 spiro atoms. The van der Waals surface area contributed by atoms with Crippen LogP contribution >= 0.6 is 0 Å². The zero-order valence-corrected chi connectivity index (χ0v) is 8.33. The summed E-state index contributed by atoms with van der Waals surface area (Å²) in [6.45, 7) is 1.53. The van der Waals surface area contributed by atoms with Gasteiger partial charge in [-0.2, -0.15) is 0 Å². The number of hydrogen-bond acceptors (Lipinski definition) is 4. The third-order valence-corrected chi connectivity index (χ3v) is 2.06. The highest BCUT2D eigenvalue weighted by atomic mass is 16.6. The lowest BCUT2D eigenvalue weighted by Crippen LogP contribution is -2.09. The highest BCUT2D eigenvalue weighted by Gasteiger charge is 2.20. The van der Waals surface area contributed by atoms with Crippen molar-refractivity contribution in [3.8, 4) is 0 Å². The molecule has 0 heterocycles. The van der Waals surface area contributed by atoms with Crippen molar-refractivity contribution in [3.05, 3.63) is 39.9 Å². The lowest BCUT2D eigenvalue weighted by Gasteiger charge is -2.12. The molecule has 0 radical (unpaired) electrons. The molecule has 0 fully saturated rings. The Morgan fingerprint density at radius 1 is 1.40 bits per heavy atom. The minimum Gasteiger partial charge on any atom is -0.393 e. The Kier molecular flexibility index (Phi) is 3.76. The van der Waals surface area contributed by atoms with Gasteiger partial charge < -0.3 is 10.2 Å². The quantitative estimate of drug-likeness (QED) is 0.582. The van der Waals surface area contributed by atoms with Crippen LogP contribution in [-0.2, 0) is 0 Å². The van der Waals surface area contributed by atoms with Gasteiger partial charge in [-0.25, -0.2) is 0 Å². The Morgan fingerprint density at radius 2 is 2.00 bits per heavy atom. The molecule has 0 bridgehead atoms. The van der Waals surface area contributed by atoms with Crippen molar-refractivity contribution in [2.75, 3.05) is 0 Å². The zero-order chi connectivity index (χ0) is 11.4. The summed E-state index contributed by atoms with van der Waals surface area (Å²) in [5, 5.41) is 29.4. The molecule has 0 aliphatic heterocycles. The number of rotatable bonds is 4. The normalized spacial score (nSPS) is 14.6. The predicted octanol–water partition coefficient (Wildman–Crippen LogP) is 1.40. The van der Waals surface area contributed by atoms with Crippen molar-refractivity contribution in [2.45, 2.75) is 25.6 Å². The van der Waals surface area contributed by atoms with E-state index in [-0.39, 0.29) is 17.7 Å². The fourth-order valence-electron chi connectivity index (χ4n) is 1.39. The molecular formula is C10H13NO4. The Bertz CT molecular complexity index is 351. The van der Waals surface area contributed by atoms with Gasteiger partial charge in [-0.05, 0) is 13.0 Å². The standard InChI is InChI=1S/C10H13NO4/c1-7(12)6-10(13)8-4-2-3-5-9(8)11(14)15/h2-5,7,10,12-13H,6H2,1H3. The second-order valence-electron chi connectivity index (χ2n) is 3.42. The second kappa shape index (κ2) is 4.86. The smallest absolute Gasteiger partial charge is 0.275 e. The summed E-state index contributed by atoms with van der Waals surface area (Å²) in [5.74, 6) is 0. The molecule has 5 nitrogen and oxygen atoms in total. The number of nitro benzene ring substituents is 1. The highest BCUT2D eigenvalue weighted by Crippen LogP contribution is 2.27. The molecule has 2 unspecified atom stereocenters. The number of aliphatic hydroxyl groups is 2. The second-order valence-corrected chi connectivity index (χ2v) is 3.42. The summed E-state index contributed by atoms with van der Waals surface area (Å²) < 4.78 is 0. The fraction of sp³-hybridized carbons (Fsp3) is 0.400. The molecule has 0 saturated heterocycles. The van der Waals surface area contributed by atoms with Crippen molar-refractivity contribution >= 4 is 5.69 Å². The molecule has 0 saturated carbocycles. The average molecular weight is 211 g/mol. The largest absolute Gasteiger partial charge is 0.393 e. The van der Waals surface area contributed by atoms with E-state index < -0.39 is 17.1 Å². The van der Waals surface area contributed by atoms with Gasteiger partial charge >= 0.3 is 0 Å². The molecule has 5 heteroatoms. The van der Waals surface area contributed by atoms with Crippen molar-refractivity contribution < 1.29 is 15.1 Å². The van der Waals surface area contributed by atoms with Gasteiger partial charge in [0.15, 0.2) is 0 Å². The molecule has 0 amide bonds. The first-order valence-electron chi connectivity index (χ1n) is 4.62. The molecule has 1 aromatic carbocycles. The first-order valence-corrected chi connectivity index (χ1v) is 4.62. The maximum Gasteiger partial charge on any atom is 0.275 e. The Balaban J connectivity index is 2.97. The number of aliphatic hydroxyl groups excluding tert-OH is 2. The van der Waals surface area contributed by atoms with Crippen LogP contribution < -0.4 is 0 Å². The average Bonchev–Trinajstić information content (AvgIpc) is 2.16. The molecule has 1 rings (SSSR count). The van der Waals surface area contributed by atoms with Crippen molar-refractivity contribution in [2.24, 2.45) is 0 Å². The summed E-state index contributed by atoms with van der Waals surface area (Å²) >= 11 is 0. The zero-order valence-electron chi connectivity index (χ0n) is 8.33. The molecular weight excluding hydrogens is 198 g/mol. The third-order valence-electron chi connectivity index (χ3n) is 2.06. The number of nitro groups is 1. The lowest BCUT2D eigenvalue weighted by atomic mass is 10.0. The first kappa shape index (κ1) is 11.6. The maximum absolute atomic E-state index is 10.6. The van der Waals surface area contributed by atoms with E-state index in [0.717, 1.165) is 0 Å². The van der Waals surface area contributed by atoms with Gasteiger partial charge in [0.1, 0.15) is 0 Å². The minimum absolute atomic E-state index is 0.0881. The summed E-state index contributed by atoms with van der Waals surface area (Å²) in [4.78, 5) is 10.1. The number of benzene rings is 1. The van der Waals surface area contributed by atoms with Crippen molar-refractivity contribution in [1.82, 2.24) is 0 Å². The summed E-state index contributed by atoms with van der Waals surface area (Å²) in [6, 6.07) is 5.98. The number of nitrogens with zero attached hydrogens (tertiary/aromatic N) is 1. The highest BCUT2D eigenvalue weighted by molar-refractivity contribution is 5.41. The van der Waals surface area contributed by atoms with Crippen LogP contribution in [0.25, 0.3) is 0 Å². The van der Waals surface area contributed by atoms with Gasteiger partial charge in [-0.3, -0.25) is 10.1 Å². The Labute approximate surface area is 87.1 Å². The van der Waals surface area contributed by atoms with E-state index in [0.29, 0.717) is 0 Å². The van der Waals surface area contributed by atoms with E-state index in [1.807, 2.05) is 0 Å². The van der Waals surface area contributed by atoms with E-state index in [9.17, 15) is 15.2 Å². The Morgan fingerprint density at radius 3 is 2.53 bits per heavy atom. The predicted molar refractivity (Wildman–Crippen MR) is 54.4 cm³/mol. The first-order chi connectivity index (χ1) is 7.02. The molecule has 2 atom stereocenters. The number of hydrogen-bond donors (Lipinski definition) is 2. The monoisotopic (exact) mass is 211 g/mol. The van der Waals surface area contributed by atoms with Gasteiger partial charge in [0.05, 0.1) is 22.7 Å². The topological polar surface area (TPSA) is 83.6 Å². The van der Waals surface area contributed by atoms with Crippen LogP contribution in [0.5, 0.6) is 0 Å². The van der Waals surface area contributed by atoms with E-state index in [2.05, 4.69) is 0 Å². The van der Waals surface area contributed by atoms with E-state index in [1.54, 1.807) is 6.07 Å². The van der Waals surface area contributed by atoms with Crippen LogP contribution in [0, 0.1) is 10.1 Å². The SMILES string of the molecule is CC(O)CC(O)c1ccccc1[N+](=O)[O-]. The minimum atomic E-state index is -1.01. The maximum atomic E-state index is 10.6. The van der Waals surface area contributed by atoms with Crippen LogP contribution in [0.3, 0.4) is 0 Å². The molecule has 15 heavy (non-hydrogen) atoms. The Hall–Kier alpha value is -1.46. The van der Waals surface area contributed by atoms with E-state index in [4.69, 9.17) is 5.11 Å². The van der Waals surface area contributed by atoms with Crippen molar-refractivity contribution in [3.63, 3.8) is 0 Å². The van der Waals surface area contributed by atoms with Crippen LogP contribution in [-0.4, -0.2) is 21.2 Å². The van der Waals surface area contributed by atoms with Crippen LogP contribution in [0.15, 0.2) is 24.3 Å². The summed E-state index contributed by atoms with van der Waals surface area (Å²) in [7, 11) is 0. The summed E-state index contributed by atoms with van der Waals surface area (Å²) in [6.07, 6.45) is -1.61. The molecule has 0 aliphatic carbocycles. The molecule has 0 aromatic heterocycles. The van der Waals surface area contributed by atoms with Gasteiger partial charge in [-0.15, -0.1) is 0 Å². The number of para-hydroxylation sites is 1. The van der Waals surface area contributed by atoms with Gasteiger partial charge in [-0.1, -0.05) is 12.1 Å². The van der Waals surface area contributed by atoms with Crippen LogP contribution in [0.4, 0.5) is 5.69 Å². The van der Waals surface area contributed by atoms with Gasteiger partial charge in [0, 0.05) is 12.5 Å². The van der Waals surface area contributed by atoms with Gasteiger partial charge in [0.2, 0.25) is 0 Å². The van der Waals surface area contributed by atoms with Crippen LogP contribution in [0.2, 0.25) is 0 Å². The lowest BCUT2D eigenvalue weighted by molar-refractivity contribution is -0.386. The summed E-state index contributed by atoms with van der Waals surface area (Å²) in [5.41, 5.74) is 0.119. The van der Waals surface area contributed by atoms with E-state index >= 15 is 0 Å². The molecule has 2 N–H and O–H groups in total. The van der Waals surface area contributed by atoms with Gasteiger partial charge in [0.25, 0.3) is 5.69 Å². The molecule has 82 valence electrons.